The van der Waals surface area contributed by atoms with Crippen LogP contribution in [0.15, 0.2) is 279 Å². The van der Waals surface area contributed by atoms with Crippen LogP contribution in [0, 0.1) is 0 Å². The molecule has 0 aliphatic heterocycles. The van der Waals surface area contributed by atoms with Gasteiger partial charge in [-0.1, -0.05) is 191 Å². The van der Waals surface area contributed by atoms with Gasteiger partial charge in [-0.3, -0.25) is 0 Å². The van der Waals surface area contributed by atoms with E-state index in [0.29, 0.717) is 0 Å². The number of anilines is 6. The minimum atomic E-state index is -2.19. The summed E-state index contributed by atoms with van der Waals surface area (Å²) >= 11 is 0. The summed E-state index contributed by atoms with van der Waals surface area (Å²) < 4.78 is 4.66. The normalized spacial score (nSPS) is 13.2. The Morgan fingerprint density at radius 2 is 0.682 bits per heavy atom. The second-order valence-electron chi connectivity index (χ2n) is 25.3. The van der Waals surface area contributed by atoms with Gasteiger partial charge in [0.05, 0.1) is 38.2 Å². The van der Waals surface area contributed by atoms with E-state index in [4.69, 9.17) is 0 Å². The monoisotopic (exact) mass is 1120 g/mol. The van der Waals surface area contributed by atoms with Gasteiger partial charge < -0.3 is 18.9 Å². The fourth-order valence-corrected chi connectivity index (χ4v) is 28.8. The number of rotatable bonds is 10. The van der Waals surface area contributed by atoms with Crippen molar-refractivity contribution in [2.45, 2.75) is 43.9 Å². The Morgan fingerprint density at radius 3 is 1.19 bits per heavy atom. The molecule has 4 nitrogen and oxygen atoms in total. The van der Waals surface area contributed by atoms with Crippen LogP contribution in [0.2, 0.25) is 39.3 Å². The molecular weight excluding hydrogens is 1060 g/mol. The lowest BCUT2D eigenvalue weighted by molar-refractivity contribution is 0.965. The van der Waals surface area contributed by atoms with Crippen molar-refractivity contribution in [3.63, 3.8) is 0 Å². The SMILES string of the molecule is C[Si](C)(C)C1([Si](C)(C)C)c2cc3cc(N(c4ccccc4)c4ccc5c(c4)c4ccccc4n5-c4ccccc4)ccc3cc2-c2c1c1ccc(N(c3ccccc3)c3ccc4c(c3)c3ccccc3n4-c3ccccc3)cc1c1ccccc21. The lowest BCUT2D eigenvalue weighted by atomic mass is 9.90. The third-order valence-electron chi connectivity index (χ3n) is 18.7. The Bertz CT molecular complexity index is 5140. The molecule has 0 radical (unpaired) electrons. The average molecular weight is 1130 g/mol. The minimum absolute atomic E-state index is 0.146. The molecule has 15 aromatic rings. The Balaban J connectivity index is 0.892. The Labute approximate surface area is 498 Å². The van der Waals surface area contributed by atoms with Crippen molar-refractivity contribution >= 4 is 126 Å². The standard InChI is InChI=1S/C79H64N4Si2/c1-84(2,3)79(85(4,5)6)72-49-54-47-59(80(55-25-11-7-12-26-55)61-42-45-75-69(51-61)64-34-21-23-37-73(64)82(75)57-29-15-9-16-30-57)40-39-53(54)48-71(72)77-66-36-20-19-33-63(66)68-50-60(41-44-67(68)78(77)79)81(56-27-13-8-14-28-56)62-43-46-76-70(52-62)65-35-22-24-38-74(65)83(76)58-31-17-10-18-32-58/h7-52H,1-6H3. The van der Waals surface area contributed by atoms with Gasteiger partial charge in [-0.25, -0.2) is 0 Å². The minimum Gasteiger partial charge on any atom is -0.310 e. The van der Waals surface area contributed by atoms with Gasteiger partial charge in [0.15, 0.2) is 0 Å². The molecule has 408 valence electrons. The first-order valence-electron chi connectivity index (χ1n) is 29.9. The van der Waals surface area contributed by atoms with Gasteiger partial charge in [0.25, 0.3) is 0 Å². The van der Waals surface area contributed by atoms with Crippen LogP contribution in [-0.2, 0) is 4.66 Å². The maximum atomic E-state index is 2.66. The topological polar surface area (TPSA) is 16.3 Å². The quantitative estimate of drug-likeness (QED) is 0.100. The fourth-order valence-electron chi connectivity index (χ4n) is 15.7. The van der Waals surface area contributed by atoms with E-state index in [9.17, 15) is 0 Å². The van der Waals surface area contributed by atoms with Crippen LogP contribution in [-0.4, -0.2) is 25.3 Å². The lowest BCUT2D eigenvalue weighted by Crippen LogP contribution is -2.63. The Morgan fingerprint density at radius 1 is 0.282 bits per heavy atom. The Kier molecular flexibility index (Phi) is 11.5. The molecule has 1 aliphatic carbocycles. The van der Waals surface area contributed by atoms with E-state index in [1.165, 1.54) is 92.6 Å². The van der Waals surface area contributed by atoms with Crippen LogP contribution in [0.3, 0.4) is 0 Å². The highest BCUT2D eigenvalue weighted by molar-refractivity contribution is 7.00. The van der Waals surface area contributed by atoms with Crippen molar-refractivity contribution in [3.8, 4) is 22.5 Å². The van der Waals surface area contributed by atoms with E-state index in [1.54, 1.807) is 5.56 Å². The molecule has 1 aliphatic rings. The van der Waals surface area contributed by atoms with Crippen molar-refractivity contribution in [2.24, 2.45) is 0 Å². The predicted octanol–water partition coefficient (Wildman–Crippen LogP) is 22.3. The highest BCUT2D eigenvalue weighted by atomic mass is 28.4. The van der Waals surface area contributed by atoms with Crippen LogP contribution in [0.4, 0.5) is 34.1 Å². The molecule has 0 N–H and O–H groups in total. The molecule has 0 fully saturated rings. The summed E-state index contributed by atoms with van der Waals surface area (Å²) in [5.74, 6) is 0. The number of fused-ring (bicyclic) bond motifs is 15. The van der Waals surface area contributed by atoms with E-state index in [1.807, 2.05) is 0 Å². The number of hydrogen-bond donors (Lipinski definition) is 0. The summed E-state index contributed by atoms with van der Waals surface area (Å²) in [5.41, 5.74) is 19.8. The number of para-hydroxylation sites is 6. The number of benzene rings is 13. The zero-order chi connectivity index (χ0) is 57.3. The molecule has 2 aromatic heterocycles. The van der Waals surface area contributed by atoms with Gasteiger partial charge in [0.2, 0.25) is 0 Å². The molecule has 16 rings (SSSR count). The maximum Gasteiger partial charge on any atom is 0.0579 e. The van der Waals surface area contributed by atoms with Crippen LogP contribution in [0.25, 0.3) is 98.4 Å². The number of nitrogens with zero attached hydrogens (tertiary/aromatic N) is 4. The van der Waals surface area contributed by atoms with Crippen LogP contribution >= 0.6 is 0 Å². The fraction of sp³-hybridized carbons (Fsp3) is 0.0886. The molecule has 0 unspecified atom stereocenters. The summed E-state index contributed by atoms with van der Waals surface area (Å²) in [6.07, 6.45) is 0. The molecule has 13 aromatic carbocycles. The van der Waals surface area contributed by atoms with Gasteiger partial charge in [0, 0.05) is 71.7 Å². The highest BCUT2D eigenvalue weighted by Crippen LogP contribution is 2.62. The van der Waals surface area contributed by atoms with Crippen LogP contribution < -0.4 is 9.80 Å². The van der Waals surface area contributed by atoms with Crippen molar-refractivity contribution < 1.29 is 0 Å². The van der Waals surface area contributed by atoms with E-state index >= 15 is 0 Å². The molecule has 0 bridgehead atoms. The summed E-state index contributed by atoms with van der Waals surface area (Å²) in [7, 11) is -4.38. The molecular formula is C79H64N4Si2. The third-order valence-corrected chi connectivity index (χ3v) is 28.7. The van der Waals surface area contributed by atoms with Gasteiger partial charge in [-0.2, -0.15) is 0 Å². The molecule has 0 spiro atoms. The molecule has 0 atom stereocenters. The summed E-state index contributed by atoms with van der Waals surface area (Å²) in [4.78, 5) is 4.93. The zero-order valence-electron chi connectivity index (χ0n) is 48.8. The summed E-state index contributed by atoms with van der Waals surface area (Å²) in [6, 6.07) is 104. The van der Waals surface area contributed by atoms with Crippen LogP contribution in [0.5, 0.6) is 0 Å². The smallest absolute Gasteiger partial charge is 0.0579 e. The van der Waals surface area contributed by atoms with Crippen molar-refractivity contribution in [1.82, 2.24) is 9.13 Å². The lowest BCUT2D eigenvalue weighted by Gasteiger charge is -2.51. The van der Waals surface area contributed by atoms with Crippen molar-refractivity contribution in [2.75, 3.05) is 9.80 Å². The summed E-state index contributed by atoms with van der Waals surface area (Å²) in [6.45, 7) is 15.9. The van der Waals surface area contributed by atoms with Gasteiger partial charge in [-0.05, 0) is 182 Å². The second-order valence-corrected chi connectivity index (χ2v) is 36.3. The first-order valence-corrected chi connectivity index (χ1v) is 36.9. The molecule has 2 heterocycles. The van der Waals surface area contributed by atoms with E-state index in [-0.39, 0.29) is 4.66 Å². The van der Waals surface area contributed by atoms with Gasteiger partial charge >= 0.3 is 0 Å². The van der Waals surface area contributed by atoms with Gasteiger partial charge in [0.1, 0.15) is 0 Å². The van der Waals surface area contributed by atoms with E-state index < -0.39 is 16.1 Å². The number of aromatic nitrogens is 2. The largest absolute Gasteiger partial charge is 0.310 e. The third kappa shape index (κ3) is 7.64. The second kappa shape index (κ2) is 19.2. The molecule has 85 heavy (non-hydrogen) atoms. The zero-order valence-corrected chi connectivity index (χ0v) is 50.8. The maximum absolute atomic E-state index is 2.66. The Hall–Kier alpha value is -9.73. The van der Waals surface area contributed by atoms with Crippen molar-refractivity contribution in [1.29, 1.82) is 0 Å². The van der Waals surface area contributed by atoms with E-state index in [0.717, 1.165) is 45.5 Å². The molecule has 0 saturated heterocycles. The van der Waals surface area contributed by atoms with Crippen LogP contribution in [0.1, 0.15) is 11.1 Å². The van der Waals surface area contributed by atoms with Gasteiger partial charge in [-0.15, -0.1) is 0 Å². The average Bonchev–Trinajstić information content (AvgIpc) is 1.55. The molecule has 0 saturated carbocycles. The highest BCUT2D eigenvalue weighted by Gasteiger charge is 2.60. The first-order chi connectivity index (χ1) is 41.5. The number of hydrogen-bond acceptors (Lipinski definition) is 2. The molecule has 6 heteroatoms. The predicted molar refractivity (Wildman–Crippen MR) is 370 cm³/mol. The first kappa shape index (κ1) is 51.0. The van der Waals surface area contributed by atoms with Crippen molar-refractivity contribution in [3.05, 3.63) is 290 Å². The van der Waals surface area contributed by atoms with E-state index in [2.05, 4.69) is 337 Å². The molecule has 0 amide bonds. The summed E-state index contributed by atoms with van der Waals surface area (Å²) in [5, 5.41) is 12.8.